The van der Waals surface area contributed by atoms with Crippen molar-refractivity contribution in [3.05, 3.63) is 18.2 Å². The van der Waals surface area contributed by atoms with Gasteiger partial charge in [-0.3, -0.25) is 0 Å². The van der Waals surface area contributed by atoms with E-state index in [2.05, 4.69) is 29.6 Å². The largest absolute Gasteiger partial charge is 0.384 e. The lowest BCUT2D eigenvalue weighted by Gasteiger charge is -2.05. The molecule has 0 saturated carbocycles. The first-order valence-electron chi connectivity index (χ1n) is 4.35. The van der Waals surface area contributed by atoms with Gasteiger partial charge in [-0.2, -0.15) is 0 Å². The molecule has 12 heavy (non-hydrogen) atoms. The van der Waals surface area contributed by atoms with E-state index in [-0.39, 0.29) is 0 Å². The maximum Gasteiger partial charge on any atom is 0.259 e. The topological polar surface area (TPSA) is 28.9 Å². The third-order valence-corrected chi connectivity index (χ3v) is 2.02. The monoisotopic (exact) mass is 169 g/mol. The van der Waals surface area contributed by atoms with Gasteiger partial charge in [0.2, 0.25) is 0 Å². The van der Waals surface area contributed by atoms with E-state index in [9.17, 15) is 0 Å². The van der Waals surface area contributed by atoms with Crippen LogP contribution in [0.1, 0.15) is 25.6 Å². The van der Waals surface area contributed by atoms with Crippen molar-refractivity contribution < 1.29 is 9.30 Å². The van der Waals surface area contributed by atoms with E-state index in [1.165, 1.54) is 5.82 Å². The molecule has 1 aromatic rings. The summed E-state index contributed by atoms with van der Waals surface area (Å²) in [5.41, 5.74) is 0. The number of H-pyrrole nitrogens is 1. The number of aromatic nitrogens is 2. The van der Waals surface area contributed by atoms with E-state index in [1.54, 1.807) is 7.11 Å². The van der Waals surface area contributed by atoms with Gasteiger partial charge in [0.15, 0.2) is 0 Å². The fraction of sp³-hybridized carbons (Fsp3) is 0.667. The summed E-state index contributed by atoms with van der Waals surface area (Å²) in [5.74, 6) is 1.67. The minimum atomic E-state index is 0.435. The van der Waals surface area contributed by atoms with Crippen molar-refractivity contribution in [1.82, 2.24) is 4.98 Å². The number of rotatable bonds is 4. The number of hydrogen-bond acceptors (Lipinski definition) is 1. The third kappa shape index (κ3) is 1.85. The molecule has 1 rings (SSSR count). The van der Waals surface area contributed by atoms with Gasteiger partial charge in [0.25, 0.3) is 5.82 Å². The Morgan fingerprint density at radius 1 is 1.67 bits per heavy atom. The molecular weight excluding hydrogens is 152 g/mol. The van der Waals surface area contributed by atoms with Crippen LogP contribution in [0.25, 0.3) is 0 Å². The van der Waals surface area contributed by atoms with Crippen molar-refractivity contribution >= 4 is 0 Å². The molecule has 0 saturated heterocycles. The number of hydrogen-bond donors (Lipinski definition) is 1. The Labute approximate surface area is 73.4 Å². The lowest BCUT2D eigenvalue weighted by molar-refractivity contribution is -0.700. The fourth-order valence-corrected chi connectivity index (χ4v) is 1.41. The second-order valence-electron chi connectivity index (χ2n) is 2.99. The average molecular weight is 169 g/mol. The molecule has 1 unspecified atom stereocenters. The van der Waals surface area contributed by atoms with E-state index < -0.39 is 0 Å². The van der Waals surface area contributed by atoms with Crippen molar-refractivity contribution in [2.24, 2.45) is 0 Å². The SMILES string of the molecule is CC[n+]1cc[nH]c1C(C)COC. The highest BCUT2D eigenvalue weighted by Gasteiger charge is 2.16. The Balaban J connectivity index is 2.71. The van der Waals surface area contributed by atoms with Crippen LogP contribution in [0.2, 0.25) is 0 Å². The van der Waals surface area contributed by atoms with Crippen molar-refractivity contribution in [3.63, 3.8) is 0 Å². The Kier molecular flexibility index (Phi) is 3.29. The number of aryl methyl sites for hydroxylation is 1. The van der Waals surface area contributed by atoms with Crippen molar-refractivity contribution in [3.8, 4) is 0 Å². The molecule has 0 fully saturated rings. The highest BCUT2D eigenvalue weighted by atomic mass is 16.5. The molecule has 1 atom stereocenters. The molecule has 3 nitrogen and oxygen atoms in total. The zero-order chi connectivity index (χ0) is 8.97. The predicted molar refractivity (Wildman–Crippen MR) is 47.0 cm³/mol. The summed E-state index contributed by atoms with van der Waals surface area (Å²) >= 11 is 0. The number of nitrogens with one attached hydrogen (secondary N) is 1. The standard InChI is InChI=1S/C9H16N2O/c1-4-11-6-5-10-9(11)8(2)7-12-3/h5-6,8H,4,7H2,1-3H3/p+1. The summed E-state index contributed by atoms with van der Waals surface area (Å²) in [6.07, 6.45) is 4.02. The van der Waals surface area contributed by atoms with Gasteiger partial charge in [-0.1, -0.05) is 0 Å². The summed E-state index contributed by atoms with van der Waals surface area (Å²) in [5, 5.41) is 0. The lowest BCUT2D eigenvalue weighted by Crippen LogP contribution is -2.36. The Morgan fingerprint density at radius 2 is 2.42 bits per heavy atom. The van der Waals surface area contributed by atoms with Gasteiger partial charge in [0.1, 0.15) is 12.4 Å². The first-order valence-corrected chi connectivity index (χ1v) is 4.35. The number of ether oxygens (including phenoxy) is 1. The Hall–Kier alpha value is -0.830. The van der Waals surface area contributed by atoms with Crippen molar-refractivity contribution in [2.45, 2.75) is 26.3 Å². The van der Waals surface area contributed by atoms with Crippen LogP contribution in [0, 0.1) is 0 Å². The molecule has 68 valence electrons. The number of nitrogens with zero attached hydrogens (tertiary/aromatic N) is 1. The molecule has 0 aliphatic carbocycles. The van der Waals surface area contributed by atoms with E-state index in [0.717, 1.165) is 13.2 Å². The normalized spacial score (nSPS) is 13.2. The Bertz CT molecular complexity index is 232. The maximum absolute atomic E-state index is 5.09. The maximum atomic E-state index is 5.09. The summed E-state index contributed by atoms with van der Waals surface area (Å²) in [7, 11) is 1.73. The second kappa shape index (κ2) is 4.26. The van der Waals surface area contributed by atoms with Crippen LogP contribution in [0.4, 0.5) is 0 Å². The summed E-state index contributed by atoms with van der Waals surface area (Å²) < 4.78 is 7.29. The van der Waals surface area contributed by atoms with Crippen LogP contribution < -0.4 is 4.57 Å². The van der Waals surface area contributed by atoms with Gasteiger partial charge >= 0.3 is 0 Å². The van der Waals surface area contributed by atoms with Crippen LogP contribution in [0.5, 0.6) is 0 Å². The highest BCUT2D eigenvalue weighted by molar-refractivity contribution is 4.86. The molecule has 1 heterocycles. The zero-order valence-electron chi connectivity index (χ0n) is 8.00. The van der Waals surface area contributed by atoms with Crippen molar-refractivity contribution in [1.29, 1.82) is 0 Å². The van der Waals surface area contributed by atoms with Crippen LogP contribution >= 0.6 is 0 Å². The molecular formula is C9H17N2O+. The lowest BCUT2D eigenvalue weighted by atomic mass is 10.2. The molecule has 0 aliphatic rings. The molecule has 0 aliphatic heterocycles. The van der Waals surface area contributed by atoms with Gasteiger partial charge in [0.05, 0.1) is 19.1 Å². The van der Waals surface area contributed by atoms with Crippen molar-refractivity contribution in [2.75, 3.05) is 13.7 Å². The zero-order valence-corrected chi connectivity index (χ0v) is 8.00. The number of methoxy groups -OCH3 is 1. The minimum absolute atomic E-state index is 0.435. The molecule has 3 heteroatoms. The van der Waals surface area contributed by atoms with E-state index in [4.69, 9.17) is 4.74 Å². The molecule has 1 aromatic heterocycles. The smallest absolute Gasteiger partial charge is 0.259 e. The number of imidazole rings is 1. The van der Waals surface area contributed by atoms with Crippen LogP contribution in [-0.2, 0) is 11.3 Å². The van der Waals surface area contributed by atoms with E-state index in [0.29, 0.717) is 5.92 Å². The quantitative estimate of drug-likeness (QED) is 0.671. The molecule has 0 spiro atoms. The van der Waals surface area contributed by atoms with Gasteiger partial charge in [-0.05, 0) is 13.8 Å². The fourth-order valence-electron chi connectivity index (χ4n) is 1.41. The average Bonchev–Trinajstić information content (AvgIpc) is 2.51. The van der Waals surface area contributed by atoms with Crippen LogP contribution in [-0.4, -0.2) is 18.7 Å². The summed E-state index contributed by atoms with van der Waals surface area (Å²) in [4.78, 5) is 3.22. The highest BCUT2D eigenvalue weighted by Crippen LogP contribution is 2.07. The molecule has 0 amide bonds. The molecule has 0 aromatic carbocycles. The van der Waals surface area contributed by atoms with Crippen LogP contribution in [0.15, 0.2) is 12.4 Å². The minimum Gasteiger partial charge on any atom is -0.384 e. The predicted octanol–water partition coefficient (Wildman–Crippen LogP) is 1.07. The first kappa shape index (κ1) is 9.26. The van der Waals surface area contributed by atoms with Gasteiger partial charge in [0, 0.05) is 7.11 Å². The summed E-state index contributed by atoms with van der Waals surface area (Å²) in [6.45, 7) is 6.06. The van der Waals surface area contributed by atoms with Gasteiger partial charge in [-0.25, -0.2) is 9.55 Å². The number of aromatic amines is 1. The van der Waals surface area contributed by atoms with E-state index in [1.807, 2.05) is 6.20 Å². The summed E-state index contributed by atoms with van der Waals surface area (Å²) in [6, 6.07) is 0. The van der Waals surface area contributed by atoms with Gasteiger partial charge < -0.3 is 4.74 Å². The van der Waals surface area contributed by atoms with E-state index >= 15 is 0 Å². The van der Waals surface area contributed by atoms with Crippen LogP contribution in [0.3, 0.4) is 0 Å². The second-order valence-corrected chi connectivity index (χ2v) is 2.99. The molecule has 1 N–H and O–H groups in total. The van der Waals surface area contributed by atoms with Gasteiger partial charge in [-0.15, -0.1) is 0 Å². The first-order chi connectivity index (χ1) is 5.79. The Morgan fingerprint density at radius 3 is 3.00 bits per heavy atom. The molecule has 0 radical (unpaired) electrons. The third-order valence-electron chi connectivity index (χ3n) is 2.02. The molecule has 0 bridgehead atoms.